The van der Waals surface area contributed by atoms with Gasteiger partial charge in [-0.2, -0.15) is 0 Å². The normalized spacial score (nSPS) is 10.6. The summed E-state index contributed by atoms with van der Waals surface area (Å²) in [7, 11) is 0. The molecule has 7 heteroatoms. The Hall–Kier alpha value is -2.54. The molecule has 0 radical (unpaired) electrons. The first-order valence-corrected chi connectivity index (χ1v) is 6.60. The fourth-order valence-corrected chi connectivity index (χ4v) is 2.46. The van der Waals surface area contributed by atoms with Crippen molar-refractivity contribution in [1.29, 1.82) is 5.41 Å². The highest BCUT2D eigenvalue weighted by atomic mass is 32.2. The van der Waals surface area contributed by atoms with E-state index in [9.17, 15) is 0 Å². The molecule has 3 N–H and O–H groups in total. The summed E-state index contributed by atoms with van der Waals surface area (Å²) in [6.07, 6.45) is 4.59. The molecule has 0 aliphatic carbocycles. The lowest BCUT2D eigenvalue weighted by Crippen LogP contribution is -2.13. The largest absolute Gasteiger partial charge is 0.382 e. The molecule has 0 fully saturated rings. The molecule has 0 unspecified atom stereocenters. The van der Waals surface area contributed by atoms with E-state index in [1.807, 2.05) is 24.3 Å². The minimum atomic E-state index is -0.0958. The Morgan fingerprint density at radius 3 is 2.65 bits per heavy atom. The molecule has 2 heterocycles. The molecule has 98 valence electrons. The van der Waals surface area contributed by atoms with Gasteiger partial charge in [-0.1, -0.05) is 18.2 Å². The van der Waals surface area contributed by atoms with Gasteiger partial charge in [0.2, 0.25) is 0 Å². The van der Waals surface area contributed by atoms with Crippen LogP contribution in [0, 0.1) is 5.41 Å². The maximum absolute atomic E-state index is 7.28. The molecule has 3 rings (SSSR count). The Morgan fingerprint density at radius 1 is 1.05 bits per heavy atom. The summed E-state index contributed by atoms with van der Waals surface area (Å²) >= 11 is 1.40. The molecule has 1 aromatic carbocycles. The molecule has 0 saturated heterocycles. The smallest absolute Gasteiger partial charge is 0.143 e. The van der Waals surface area contributed by atoms with Crippen molar-refractivity contribution in [1.82, 2.24) is 19.9 Å². The van der Waals surface area contributed by atoms with Crippen LogP contribution in [0.4, 0.5) is 0 Å². The van der Waals surface area contributed by atoms with Crippen molar-refractivity contribution in [2.24, 2.45) is 5.73 Å². The molecular formula is C13H10N6S. The van der Waals surface area contributed by atoms with E-state index >= 15 is 0 Å². The number of hydrogen-bond acceptors (Lipinski definition) is 6. The maximum Gasteiger partial charge on any atom is 0.143 e. The highest BCUT2D eigenvalue weighted by Gasteiger charge is 2.07. The van der Waals surface area contributed by atoms with Crippen LogP contribution in [-0.4, -0.2) is 25.8 Å². The number of nitrogens with zero attached hydrogens (tertiary/aromatic N) is 4. The van der Waals surface area contributed by atoms with E-state index in [0.29, 0.717) is 10.7 Å². The summed E-state index contributed by atoms with van der Waals surface area (Å²) in [6.45, 7) is 0. The molecular weight excluding hydrogens is 272 g/mol. The van der Waals surface area contributed by atoms with Gasteiger partial charge in [0.1, 0.15) is 27.9 Å². The summed E-state index contributed by atoms with van der Waals surface area (Å²) < 4.78 is 0. The second kappa shape index (κ2) is 5.22. The van der Waals surface area contributed by atoms with E-state index in [0.717, 1.165) is 15.9 Å². The maximum atomic E-state index is 7.28. The molecule has 0 spiro atoms. The molecule has 3 aromatic rings. The summed E-state index contributed by atoms with van der Waals surface area (Å²) in [4.78, 5) is 16.8. The van der Waals surface area contributed by atoms with Gasteiger partial charge < -0.3 is 5.73 Å². The van der Waals surface area contributed by atoms with Crippen LogP contribution in [0.3, 0.4) is 0 Å². The van der Waals surface area contributed by atoms with Gasteiger partial charge in [-0.25, -0.2) is 19.9 Å². The molecule has 20 heavy (non-hydrogen) atoms. The van der Waals surface area contributed by atoms with Gasteiger partial charge >= 0.3 is 0 Å². The first-order chi connectivity index (χ1) is 9.74. The van der Waals surface area contributed by atoms with E-state index < -0.39 is 0 Å². The predicted octanol–water partition coefficient (Wildman–Crippen LogP) is 1.86. The number of fused-ring (bicyclic) bond motifs is 1. The Morgan fingerprint density at radius 2 is 1.90 bits per heavy atom. The minimum absolute atomic E-state index is 0.0958. The Labute approximate surface area is 119 Å². The van der Waals surface area contributed by atoms with Crippen molar-refractivity contribution >= 4 is 28.5 Å². The summed E-state index contributed by atoms with van der Waals surface area (Å²) in [6, 6.07) is 7.78. The summed E-state index contributed by atoms with van der Waals surface area (Å²) in [5.41, 5.74) is 6.59. The Bertz CT molecular complexity index is 766. The first-order valence-electron chi connectivity index (χ1n) is 5.78. The zero-order valence-electron chi connectivity index (χ0n) is 10.3. The lowest BCUT2D eigenvalue weighted by atomic mass is 10.2. The standard InChI is InChI=1S/C13H10N6S/c14-12(15)10-5-17-11(6-16-10)20-13-8-3-1-2-4-9(8)18-7-19-13/h1-7H,(H3,14,15). The van der Waals surface area contributed by atoms with Gasteiger partial charge in [-0.05, 0) is 17.8 Å². The zero-order chi connectivity index (χ0) is 13.9. The van der Waals surface area contributed by atoms with Crippen LogP contribution in [0.25, 0.3) is 10.9 Å². The van der Waals surface area contributed by atoms with Crippen LogP contribution in [0.5, 0.6) is 0 Å². The number of nitrogens with one attached hydrogen (secondary N) is 1. The SMILES string of the molecule is N=C(N)c1cnc(Sc2ncnc3ccccc23)cn1. The number of para-hydroxylation sites is 1. The highest BCUT2D eigenvalue weighted by Crippen LogP contribution is 2.28. The minimum Gasteiger partial charge on any atom is -0.382 e. The molecule has 6 nitrogen and oxygen atoms in total. The van der Waals surface area contributed by atoms with Crippen LogP contribution >= 0.6 is 11.8 Å². The van der Waals surface area contributed by atoms with Gasteiger partial charge in [-0.3, -0.25) is 5.41 Å². The fourth-order valence-electron chi connectivity index (χ4n) is 1.67. The van der Waals surface area contributed by atoms with Crippen LogP contribution in [0.2, 0.25) is 0 Å². The van der Waals surface area contributed by atoms with Gasteiger partial charge in [0.25, 0.3) is 0 Å². The van der Waals surface area contributed by atoms with Crippen molar-refractivity contribution in [3.63, 3.8) is 0 Å². The predicted molar refractivity (Wildman–Crippen MR) is 76.7 cm³/mol. The third-order valence-electron chi connectivity index (χ3n) is 2.61. The van der Waals surface area contributed by atoms with Gasteiger partial charge in [0, 0.05) is 5.39 Å². The number of hydrogen-bond donors (Lipinski definition) is 2. The average Bonchev–Trinajstić information content (AvgIpc) is 2.48. The van der Waals surface area contributed by atoms with E-state index in [1.165, 1.54) is 24.3 Å². The third kappa shape index (κ3) is 2.43. The zero-order valence-corrected chi connectivity index (χ0v) is 11.1. The van der Waals surface area contributed by atoms with Crippen molar-refractivity contribution < 1.29 is 0 Å². The number of nitrogens with two attached hydrogens (primary N) is 1. The molecule has 0 amide bonds. The quantitative estimate of drug-likeness (QED) is 0.432. The highest BCUT2D eigenvalue weighted by molar-refractivity contribution is 7.99. The molecule has 2 aromatic heterocycles. The number of nitrogen functional groups attached to an aromatic ring is 1. The van der Waals surface area contributed by atoms with Crippen molar-refractivity contribution in [3.05, 3.63) is 48.7 Å². The number of aromatic nitrogens is 4. The topological polar surface area (TPSA) is 101 Å². The lowest BCUT2D eigenvalue weighted by molar-refractivity contribution is 1.03. The molecule has 0 atom stereocenters. The van der Waals surface area contributed by atoms with Crippen LogP contribution in [0.15, 0.2) is 53.0 Å². The van der Waals surface area contributed by atoms with E-state index in [2.05, 4.69) is 19.9 Å². The monoisotopic (exact) mass is 282 g/mol. The first kappa shape index (κ1) is 12.5. The molecule has 0 aliphatic rings. The summed E-state index contributed by atoms with van der Waals surface area (Å²) in [5.74, 6) is -0.0958. The molecule has 0 aliphatic heterocycles. The van der Waals surface area contributed by atoms with Gasteiger partial charge in [0.15, 0.2) is 0 Å². The van der Waals surface area contributed by atoms with E-state index in [4.69, 9.17) is 11.1 Å². The van der Waals surface area contributed by atoms with E-state index in [-0.39, 0.29) is 5.84 Å². The molecule has 0 saturated carbocycles. The van der Waals surface area contributed by atoms with Crippen molar-refractivity contribution in [2.45, 2.75) is 10.1 Å². The second-order valence-corrected chi connectivity index (χ2v) is 4.96. The third-order valence-corrected chi connectivity index (χ3v) is 3.55. The van der Waals surface area contributed by atoms with Crippen molar-refractivity contribution in [2.75, 3.05) is 0 Å². The van der Waals surface area contributed by atoms with Crippen LogP contribution < -0.4 is 5.73 Å². The average molecular weight is 282 g/mol. The summed E-state index contributed by atoms with van der Waals surface area (Å²) in [5, 5.41) is 9.77. The van der Waals surface area contributed by atoms with Gasteiger partial charge in [0.05, 0.1) is 17.9 Å². The Kier molecular flexibility index (Phi) is 3.26. The lowest BCUT2D eigenvalue weighted by Gasteiger charge is -2.04. The number of rotatable bonds is 3. The van der Waals surface area contributed by atoms with E-state index in [1.54, 1.807) is 6.20 Å². The van der Waals surface area contributed by atoms with Crippen LogP contribution in [0.1, 0.15) is 5.69 Å². The van der Waals surface area contributed by atoms with Crippen molar-refractivity contribution in [3.8, 4) is 0 Å². The Balaban J connectivity index is 1.95. The number of benzene rings is 1. The fraction of sp³-hybridized carbons (Fsp3) is 0. The van der Waals surface area contributed by atoms with Gasteiger partial charge in [-0.15, -0.1) is 0 Å². The number of amidine groups is 1. The van der Waals surface area contributed by atoms with Crippen LogP contribution in [-0.2, 0) is 0 Å². The second-order valence-electron chi connectivity index (χ2n) is 3.95. The molecule has 0 bridgehead atoms.